The molecule has 0 bridgehead atoms. The highest BCUT2D eigenvalue weighted by molar-refractivity contribution is 6.30. The molecule has 0 saturated heterocycles. The highest BCUT2D eigenvalue weighted by Crippen LogP contribution is 2.11. The molecule has 0 aliphatic heterocycles. The lowest BCUT2D eigenvalue weighted by molar-refractivity contribution is 0.913. The maximum absolute atomic E-state index is 5.83. The first-order valence-electron chi connectivity index (χ1n) is 5.63. The maximum atomic E-state index is 5.83. The van der Waals surface area contributed by atoms with Crippen molar-refractivity contribution in [2.24, 2.45) is 7.05 Å². The van der Waals surface area contributed by atoms with Crippen molar-refractivity contribution in [3.63, 3.8) is 0 Å². The molecule has 0 spiro atoms. The molecule has 0 atom stereocenters. The molecule has 2 aromatic rings. The van der Waals surface area contributed by atoms with Crippen LogP contribution in [0.4, 0.5) is 0 Å². The first kappa shape index (κ1) is 11.9. The van der Waals surface area contributed by atoms with Crippen LogP contribution in [0.1, 0.15) is 17.7 Å². The molecule has 0 radical (unpaired) electrons. The summed E-state index contributed by atoms with van der Waals surface area (Å²) in [5, 5.41) is 0.790. The zero-order valence-electron chi connectivity index (χ0n) is 9.81. The van der Waals surface area contributed by atoms with Crippen LogP contribution in [0, 0.1) is 0 Å². The molecule has 1 aromatic heterocycles. The van der Waals surface area contributed by atoms with E-state index in [1.807, 2.05) is 29.9 Å². The third-order valence-corrected chi connectivity index (χ3v) is 2.78. The zero-order chi connectivity index (χ0) is 12.1. The average molecular weight is 247 g/mol. The Balaban J connectivity index is 1.83. The van der Waals surface area contributed by atoms with E-state index in [1.165, 1.54) is 5.56 Å². The van der Waals surface area contributed by atoms with Gasteiger partial charge in [0.05, 0.1) is 12.0 Å². The summed E-state index contributed by atoms with van der Waals surface area (Å²) in [6.45, 7) is 0. The predicted octanol–water partition coefficient (Wildman–Crippen LogP) is 3.72. The summed E-state index contributed by atoms with van der Waals surface area (Å²) in [6.07, 6.45) is 10.0. The van der Waals surface area contributed by atoms with Gasteiger partial charge in [0.2, 0.25) is 0 Å². The molecule has 2 nitrogen and oxygen atoms in total. The fraction of sp³-hybridized carbons (Fsp3) is 0.214. The average Bonchev–Trinajstić information content (AvgIpc) is 2.73. The van der Waals surface area contributed by atoms with E-state index in [0.717, 1.165) is 23.6 Å². The molecule has 3 heteroatoms. The second kappa shape index (κ2) is 5.69. The summed E-state index contributed by atoms with van der Waals surface area (Å²) in [4.78, 5) is 4.23. The molecular formula is C14H15ClN2. The van der Waals surface area contributed by atoms with E-state index in [2.05, 4.69) is 29.3 Å². The summed E-state index contributed by atoms with van der Waals surface area (Å²) < 4.78 is 1.94. The van der Waals surface area contributed by atoms with Gasteiger partial charge < -0.3 is 4.57 Å². The first-order chi connectivity index (χ1) is 8.24. The molecule has 2 rings (SSSR count). The van der Waals surface area contributed by atoms with Gasteiger partial charge in [-0.1, -0.05) is 29.8 Å². The Morgan fingerprint density at radius 3 is 2.71 bits per heavy atom. The zero-order valence-corrected chi connectivity index (χ0v) is 10.6. The molecule has 1 heterocycles. The van der Waals surface area contributed by atoms with Crippen molar-refractivity contribution in [1.29, 1.82) is 0 Å². The van der Waals surface area contributed by atoms with Gasteiger partial charge in [-0.2, -0.15) is 0 Å². The SMILES string of the molecule is Cn1cnc(/C=C/CCc2ccc(Cl)cc2)c1. The van der Waals surface area contributed by atoms with Gasteiger partial charge in [-0.25, -0.2) is 4.98 Å². The third kappa shape index (κ3) is 3.75. The van der Waals surface area contributed by atoms with E-state index in [4.69, 9.17) is 11.6 Å². The molecule has 0 aliphatic carbocycles. The van der Waals surface area contributed by atoms with Gasteiger partial charge in [-0.15, -0.1) is 0 Å². The standard InChI is InChI=1S/C14H15ClN2/c1-17-10-14(16-11-17)5-3-2-4-12-6-8-13(15)9-7-12/h3,5-11H,2,4H2,1H3/b5-3+. The van der Waals surface area contributed by atoms with Crippen LogP contribution in [-0.4, -0.2) is 9.55 Å². The predicted molar refractivity (Wildman–Crippen MR) is 72.0 cm³/mol. The van der Waals surface area contributed by atoms with Crippen LogP contribution >= 0.6 is 11.6 Å². The Hall–Kier alpha value is -1.54. The van der Waals surface area contributed by atoms with Crippen molar-refractivity contribution >= 4 is 17.7 Å². The van der Waals surface area contributed by atoms with Gasteiger partial charge in [0.15, 0.2) is 0 Å². The van der Waals surface area contributed by atoms with Crippen LogP contribution in [0.2, 0.25) is 5.02 Å². The monoisotopic (exact) mass is 246 g/mol. The summed E-state index contributed by atoms with van der Waals surface area (Å²) in [5.74, 6) is 0. The molecule has 0 aliphatic rings. The van der Waals surface area contributed by atoms with E-state index < -0.39 is 0 Å². The minimum Gasteiger partial charge on any atom is -0.340 e. The second-order valence-corrected chi connectivity index (χ2v) is 4.47. The van der Waals surface area contributed by atoms with E-state index in [1.54, 1.807) is 6.33 Å². The summed E-state index contributed by atoms with van der Waals surface area (Å²) >= 11 is 5.83. The van der Waals surface area contributed by atoms with Crippen molar-refractivity contribution in [1.82, 2.24) is 9.55 Å². The van der Waals surface area contributed by atoms with Gasteiger partial charge >= 0.3 is 0 Å². The number of allylic oxidation sites excluding steroid dienone is 1. The molecule has 1 aromatic carbocycles. The van der Waals surface area contributed by atoms with Gasteiger partial charge in [-0.3, -0.25) is 0 Å². The molecule has 0 N–H and O–H groups in total. The van der Waals surface area contributed by atoms with E-state index in [0.29, 0.717) is 0 Å². The van der Waals surface area contributed by atoms with E-state index in [-0.39, 0.29) is 0 Å². The number of aromatic nitrogens is 2. The second-order valence-electron chi connectivity index (χ2n) is 4.03. The van der Waals surface area contributed by atoms with Crippen molar-refractivity contribution in [2.45, 2.75) is 12.8 Å². The summed E-state index contributed by atoms with van der Waals surface area (Å²) in [6, 6.07) is 7.99. The van der Waals surface area contributed by atoms with Gasteiger partial charge in [0.25, 0.3) is 0 Å². The Bertz CT molecular complexity index is 497. The van der Waals surface area contributed by atoms with E-state index in [9.17, 15) is 0 Å². The third-order valence-electron chi connectivity index (χ3n) is 2.53. The van der Waals surface area contributed by atoms with Crippen molar-refractivity contribution in [2.75, 3.05) is 0 Å². The van der Waals surface area contributed by atoms with Crippen LogP contribution in [0.25, 0.3) is 6.08 Å². The molecule has 17 heavy (non-hydrogen) atoms. The van der Waals surface area contributed by atoms with E-state index >= 15 is 0 Å². The van der Waals surface area contributed by atoms with Crippen LogP contribution in [-0.2, 0) is 13.5 Å². The van der Waals surface area contributed by atoms with Crippen molar-refractivity contribution in [3.05, 3.63) is 59.1 Å². The number of imidazole rings is 1. The Morgan fingerprint density at radius 1 is 1.29 bits per heavy atom. The Labute approximate surface area is 107 Å². The molecule has 0 amide bonds. The Kier molecular flexibility index (Phi) is 3.99. The highest BCUT2D eigenvalue weighted by atomic mass is 35.5. The van der Waals surface area contributed by atoms with Crippen LogP contribution in [0.15, 0.2) is 42.9 Å². The van der Waals surface area contributed by atoms with Crippen LogP contribution in [0.3, 0.4) is 0 Å². The maximum Gasteiger partial charge on any atom is 0.0950 e. The van der Waals surface area contributed by atoms with Crippen molar-refractivity contribution < 1.29 is 0 Å². The fourth-order valence-corrected chi connectivity index (χ4v) is 1.75. The number of rotatable bonds is 4. The normalized spacial score (nSPS) is 11.2. The number of benzene rings is 1. The van der Waals surface area contributed by atoms with Gasteiger partial charge in [0, 0.05) is 18.3 Å². The molecular weight excluding hydrogens is 232 g/mol. The topological polar surface area (TPSA) is 17.8 Å². The number of aryl methyl sites for hydroxylation is 2. The first-order valence-corrected chi connectivity index (χ1v) is 6.01. The minimum atomic E-state index is 0.790. The molecule has 0 fully saturated rings. The van der Waals surface area contributed by atoms with Crippen molar-refractivity contribution in [3.8, 4) is 0 Å². The number of halogens is 1. The Morgan fingerprint density at radius 2 is 2.06 bits per heavy atom. The van der Waals surface area contributed by atoms with Crippen LogP contribution < -0.4 is 0 Å². The molecule has 0 unspecified atom stereocenters. The van der Waals surface area contributed by atoms with Gasteiger partial charge in [0.1, 0.15) is 0 Å². The summed E-state index contributed by atoms with van der Waals surface area (Å²) in [5.41, 5.74) is 2.31. The lowest BCUT2D eigenvalue weighted by Crippen LogP contribution is -1.82. The van der Waals surface area contributed by atoms with Crippen LogP contribution in [0.5, 0.6) is 0 Å². The quantitative estimate of drug-likeness (QED) is 0.804. The minimum absolute atomic E-state index is 0.790. The smallest absolute Gasteiger partial charge is 0.0950 e. The number of hydrogen-bond donors (Lipinski definition) is 0. The largest absolute Gasteiger partial charge is 0.340 e. The molecule has 0 saturated carbocycles. The number of nitrogens with zero attached hydrogens (tertiary/aromatic N) is 2. The fourth-order valence-electron chi connectivity index (χ4n) is 1.62. The van der Waals surface area contributed by atoms with Gasteiger partial charge in [-0.05, 0) is 36.6 Å². The number of hydrogen-bond acceptors (Lipinski definition) is 1. The lowest BCUT2D eigenvalue weighted by atomic mass is 10.1. The molecule has 88 valence electrons. The lowest BCUT2D eigenvalue weighted by Gasteiger charge is -1.97. The summed E-state index contributed by atoms with van der Waals surface area (Å²) in [7, 11) is 1.97. The highest BCUT2D eigenvalue weighted by Gasteiger charge is 1.92.